The molecule has 3 rings (SSSR count). The zero-order chi connectivity index (χ0) is 18.0. The van der Waals surface area contributed by atoms with Gasteiger partial charge in [0.2, 0.25) is 5.91 Å². The van der Waals surface area contributed by atoms with Crippen LogP contribution >= 0.6 is 23.2 Å². The number of amides is 2. The van der Waals surface area contributed by atoms with Crippen molar-refractivity contribution in [2.24, 2.45) is 5.92 Å². The van der Waals surface area contributed by atoms with Crippen LogP contribution in [0.4, 0.5) is 0 Å². The maximum atomic E-state index is 12.9. The molecule has 0 radical (unpaired) electrons. The van der Waals surface area contributed by atoms with Crippen LogP contribution in [0.1, 0.15) is 29.6 Å². The molecule has 0 spiro atoms. The number of carbonyl (C=O) groups excluding carboxylic acids is 2. The maximum absolute atomic E-state index is 12.9. The Bertz CT molecular complexity index is 647. The van der Waals surface area contributed by atoms with Gasteiger partial charge < -0.3 is 15.1 Å². The number of benzene rings is 1. The average molecular weight is 384 g/mol. The third-order valence-electron chi connectivity index (χ3n) is 5.00. The van der Waals surface area contributed by atoms with Crippen LogP contribution in [0, 0.1) is 5.92 Å². The van der Waals surface area contributed by atoms with E-state index in [9.17, 15) is 9.59 Å². The summed E-state index contributed by atoms with van der Waals surface area (Å²) in [4.78, 5) is 29.4. The molecule has 2 aliphatic rings. The van der Waals surface area contributed by atoms with Crippen molar-refractivity contribution in [3.8, 4) is 0 Å². The summed E-state index contributed by atoms with van der Waals surface area (Å²) < 4.78 is 0. The molecule has 0 saturated carbocycles. The summed E-state index contributed by atoms with van der Waals surface area (Å²) in [6.45, 7) is 3.04. The van der Waals surface area contributed by atoms with Crippen molar-refractivity contribution in [3.05, 3.63) is 33.8 Å². The Morgan fingerprint density at radius 3 is 2.56 bits per heavy atom. The van der Waals surface area contributed by atoms with E-state index < -0.39 is 0 Å². The van der Waals surface area contributed by atoms with E-state index in [1.807, 2.05) is 11.9 Å². The van der Waals surface area contributed by atoms with Gasteiger partial charge in [-0.3, -0.25) is 9.59 Å². The Morgan fingerprint density at radius 1 is 1.16 bits per heavy atom. The fourth-order valence-electron chi connectivity index (χ4n) is 3.81. The zero-order valence-corrected chi connectivity index (χ0v) is 15.8. The van der Waals surface area contributed by atoms with Gasteiger partial charge in [0.15, 0.2) is 0 Å². The zero-order valence-electron chi connectivity index (χ0n) is 14.3. The Balaban J connectivity index is 1.72. The first-order valence-corrected chi connectivity index (χ1v) is 9.45. The molecule has 2 aliphatic heterocycles. The fourth-order valence-corrected chi connectivity index (χ4v) is 4.33. The SMILES string of the molecule is CNCC1CCN(C(=O)C2CCCN2C(=O)c2cc(Cl)cc(Cl)c2)C1. The highest BCUT2D eigenvalue weighted by atomic mass is 35.5. The molecule has 0 bridgehead atoms. The minimum atomic E-state index is -0.376. The molecular formula is C18H23Cl2N3O2. The van der Waals surface area contributed by atoms with E-state index in [0.717, 1.165) is 32.5 Å². The fraction of sp³-hybridized carbons (Fsp3) is 0.556. The van der Waals surface area contributed by atoms with Gasteiger partial charge in [0.25, 0.3) is 5.91 Å². The van der Waals surface area contributed by atoms with Crippen molar-refractivity contribution >= 4 is 35.0 Å². The van der Waals surface area contributed by atoms with Crippen LogP contribution < -0.4 is 5.32 Å². The van der Waals surface area contributed by atoms with E-state index in [2.05, 4.69) is 5.32 Å². The van der Waals surface area contributed by atoms with Crippen molar-refractivity contribution in [2.75, 3.05) is 33.2 Å². The van der Waals surface area contributed by atoms with Gasteiger partial charge >= 0.3 is 0 Å². The predicted molar refractivity (Wildman–Crippen MR) is 99.1 cm³/mol. The maximum Gasteiger partial charge on any atom is 0.254 e. The topological polar surface area (TPSA) is 52.7 Å². The second-order valence-corrected chi connectivity index (χ2v) is 7.68. The summed E-state index contributed by atoms with van der Waals surface area (Å²) in [7, 11) is 1.93. The molecule has 1 aromatic carbocycles. The summed E-state index contributed by atoms with van der Waals surface area (Å²) in [5, 5.41) is 4.02. The number of hydrogen-bond acceptors (Lipinski definition) is 3. The summed E-state index contributed by atoms with van der Waals surface area (Å²) in [5.74, 6) is 0.384. The molecular weight excluding hydrogens is 361 g/mol. The number of halogens is 2. The molecule has 2 unspecified atom stereocenters. The minimum Gasteiger partial charge on any atom is -0.341 e. The van der Waals surface area contributed by atoms with Gasteiger partial charge in [0.05, 0.1) is 0 Å². The van der Waals surface area contributed by atoms with Gasteiger partial charge in [0.1, 0.15) is 6.04 Å². The van der Waals surface area contributed by atoms with E-state index in [1.54, 1.807) is 23.1 Å². The number of nitrogens with zero attached hydrogens (tertiary/aromatic N) is 2. The van der Waals surface area contributed by atoms with Gasteiger partial charge in [-0.15, -0.1) is 0 Å². The van der Waals surface area contributed by atoms with Crippen LogP contribution in [0.3, 0.4) is 0 Å². The van der Waals surface area contributed by atoms with E-state index >= 15 is 0 Å². The highest BCUT2D eigenvalue weighted by Gasteiger charge is 2.38. The lowest BCUT2D eigenvalue weighted by Gasteiger charge is -2.28. The second-order valence-electron chi connectivity index (χ2n) is 6.81. The molecule has 2 heterocycles. The first-order chi connectivity index (χ1) is 12.0. The van der Waals surface area contributed by atoms with Gasteiger partial charge in [-0.1, -0.05) is 23.2 Å². The lowest BCUT2D eigenvalue weighted by Crippen LogP contribution is -2.47. The summed E-state index contributed by atoms with van der Waals surface area (Å²) in [6.07, 6.45) is 2.56. The van der Waals surface area contributed by atoms with E-state index in [-0.39, 0.29) is 17.9 Å². The predicted octanol–water partition coefficient (Wildman–Crippen LogP) is 2.67. The molecule has 0 aliphatic carbocycles. The largest absolute Gasteiger partial charge is 0.341 e. The summed E-state index contributed by atoms with van der Waals surface area (Å²) in [5.41, 5.74) is 0.437. The molecule has 0 aromatic heterocycles. The van der Waals surface area contributed by atoms with Crippen molar-refractivity contribution in [1.82, 2.24) is 15.1 Å². The first kappa shape index (κ1) is 18.5. The number of rotatable bonds is 4. The monoisotopic (exact) mass is 383 g/mol. The van der Waals surface area contributed by atoms with Crippen LogP contribution in [0.15, 0.2) is 18.2 Å². The number of likely N-dealkylation sites (tertiary alicyclic amines) is 2. The molecule has 5 nitrogen and oxygen atoms in total. The Kier molecular flexibility index (Phi) is 5.87. The smallest absolute Gasteiger partial charge is 0.254 e. The number of hydrogen-bond donors (Lipinski definition) is 1. The quantitative estimate of drug-likeness (QED) is 0.869. The number of carbonyl (C=O) groups is 2. The van der Waals surface area contributed by atoms with Crippen molar-refractivity contribution < 1.29 is 9.59 Å². The molecule has 1 aromatic rings. The van der Waals surface area contributed by atoms with Crippen molar-refractivity contribution in [3.63, 3.8) is 0 Å². The van der Waals surface area contributed by atoms with Crippen LogP contribution in [-0.2, 0) is 4.79 Å². The normalized spacial score (nSPS) is 23.3. The molecule has 2 amide bonds. The first-order valence-electron chi connectivity index (χ1n) is 8.70. The lowest BCUT2D eigenvalue weighted by atomic mass is 10.1. The number of nitrogens with one attached hydrogen (secondary N) is 1. The second kappa shape index (κ2) is 7.94. The molecule has 25 heavy (non-hydrogen) atoms. The van der Waals surface area contributed by atoms with E-state index in [1.165, 1.54) is 0 Å². The van der Waals surface area contributed by atoms with E-state index in [4.69, 9.17) is 23.2 Å². The lowest BCUT2D eigenvalue weighted by molar-refractivity contribution is -0.134. The van der Waals surface area contributed by atoms with Crippen LogP contribution in [0.25, 0.3) is 0 Å². The average Bonchev–Trinajstić information content (AvgIpc) is 3.22. The van der Waals surface area contributed by atoms with Gasteiger partial charge in [-0.05, 0) is 57.0 Å². The molecule has 2 fully saturated rings. The summed E-state index contributed by atoms with van der Waals surface area (Å²) >= 11 is 12.0. The summed E-state index contributed by atoms with van der Waals surface area (Å²) in [6, 6.07) is 4.43. The third-order valence-corrected chi connectivity index (χ3v) is 5.43. The highest BCUT2D eigenvalue weighted by Crippen LogP contribution is 2.27. The third kappa shape index (κ3) is 4.10. The van der Waals surface area contributed by atoms with Gasteiger partial charge in [-0.25, -0.2) is 0 Å². The standard InChI is InChI=1S/C18H23Cl2N3O2/c1-21-10-12-4-6-22(11-12)18(25)16-3-2-5-23(16)17(24)13-7-14(19)9-15(20)8-13/h7-9,12,16,21H,2-6,10-11H2,1H3. The van der Waals surface area contributed by atoms with Crippen molar-refractivity contribution in [1.29, 1.82) is 0 Å². The van der Waals surface area contributed by atoms with Gasteiger partial charge in [-0.2, -0.15) is 0 Å². The Hall–Kier alpha value is -1.30. The molecule has 2 saturated heterocycles. The van der Waals surface area contributed by atoms with E-state index in [0.29, 0.717) is 34.5 Å². The Morgan fingerprint density at radius 2 is 1.88 bits per heavy atom. The van der Waals surface area contributed by atoms with Crippen LogP contribution in [0.2, 0.25) is 10.0 Å². The molecule has 2 atom stereocenters. The molecule has 7 heteroatoms. The van der Waals surface area contributed by atoms with Crippen LogP contribution in [0.5, 0.6) is 0 Å². The highest BCUT2D eigenvalue weighted by molar-refractivity contribution is 6.35. The minimum absolute atomic E-state index is 0.0672. The van der Waals surface area contributed by atoms with Crippen LogP contribution in [-0.4, -0.2) is 60.9 Å². The molecule has 1 N–H and O–H groups in total. The van der Waals surface area contributed by atoms with Gasteiger partial charge in [0, 0.05) is 35.2 Å². The molecule has 136 valence electrons. The van der Waals surface area contributed by atoms with Crippen molar-refractivity contribution in [2.45, 2.75) is 25.3 Å². The Labute approximate surface area is 158 Å².